The van der Waals surface area contributed by atoms with Gasteiger partial charge in [-0.05, 0) is 61.4 Å². The Morgan fingerprint density at radius 1 is 1.48 bits per heavy atom. The Labute approximate surface area is 154 Å². The number of rotatable bonds is 5. The van der Waals surface area contributed by atoms with Crippen LogP contribution >= 0.6 is 12.6 Å². The number of nitrogens with zero attached hydrogens (tertiary/aromatic N) is 2. The molecule has 4 nitrogen and oxygen atoms in total. The Bertz CT molecular complexity index is 777. The van der Waals surface area contributed by atoms with Crippen molar-refractivity contribution in [1.82, 2.24) is 9.88 Å². The van der Waals surface area contributed by atoms with Gasteiger partial charge in [0.1, 0.15) is 5.75 Å². The van der Waals surface area contributed by atoms with Gasteiger partial charge in [-0.1, -0.05) is 18.7 Å². The van der Waals surface area contributed by atoms with E-state index in [1.165, 1.54) is 5.56 Å². The van der Waals surface area contributed by atoms with Crippen LogP contribution in [0.4, 0.5) is 4.79 Å². The van der Waals surface area contributed by atoms with Gasteiger partial charge in [0.15, 0.2) is 0 Å². The number of methoxy groups -OCH3 is 1. The predicted octanol–water partition coefficient (Wildman–Crippen LogP) is 4.49. The van der Waals surface area contributed by atoms with Crippen LogP contribution in [0, 0.1) is 5.92 Å². The molecule has 1 saturated heterocycles. The van der Waals surface area contributed by atoms with Crippen molar-refractivity contribution in [3.63, 3.8) is 0 Å². The number of aromatic nitrogens is 1. The van der Waals surface area contributed by atoms with E-state index in [0.717, 1.165) is 48.9 Å². The van der Waals surface area contributed by atoms with Crippen molar-refractivity contribution in [3.8, 4) is 5.75 Å². The molecule has 0 N–H and O–H groups in total. The van der Waals surface area contributed by atoms with Gasteiger partial charge in [0.25, 0.3) is 5.24 Å². The lowest BCUT2D eigenvalue weighted by molar-refractivity contribution is 0.145. The lowest BCUT2D eigenvalue weighted by atomic mass is 9.85. The summed E-state index contributed by atoms with van der Waals surface area (Å²) in [4.78, 5) is 18.3. The van der Waals surface area contributed by atoms with Crippen molar-refractivity contribution in [1.29, 1.82) is 0 Å². The summed E-state index contributed by atoms with van der Waals surface area (Å²) in [5, 5.41) is 0.942. The van der Waals surface area contributed by atoms with Gasteiger partial charge in [-0.25, -0.2) is 0 Å². The fraction of sp³-hybridized carbons (Fsp3) is 0.400. The van der Waals surface area contributed by atoms with Crippen LogP contribution in [0.2, 0.25) is 0 Å². The number of fused-ring (bicyclic) bond motifs is 1. The van der Waals surface area contributed by atoms with Crippen LogP contribution in [-0.4, -0.2) is 34.8 Å². The molecular weight excluding hydrogens is 332 g/mol. The molecule has 25 heavy (non-hydrogen) atoms. The highest BCUT2D eigenvalue weighted by Gasteiger charge is 2.30. The molecule has 0 saturated carbocycles. The third kappa shape index (κ3) is 3.98. The van der Waals surface area contributed by atoms with E-state index in [0.29, 0.717) is 5.92 Å². The molecule has 1 aromatic carbocycles. The summed E-state index contributed by atoms with van der Waals surface area (Å²) >= 11 is 4.09. The predicted molar refractivity (Wildman–Crippen MR) is 104 cm³/mol. The second-order valence-electron chi connectivity index (χ2n) is 6.60. The first-order chi connectivity index (χ1) is 12.1. The Kier molecular flexibility index (Phi) is 5.63. The fourth-order valence-corrected chi connectivity index (χ4v) is 4.03. The molecule has 1 amide bonds. The summed E-state index contributed by atoms with van der Waals surface area (Å²) in [5.41, 5.74) is 2.13. The molecular formula is C20H24N2O2S. The highest BCUT2D eigenvalue weighted by molar-refractivity contribution is 7.96. The molecule has 0 radical (unpaired) electrons. The van der Waals surface area contributed by atoms with Gasteiger partial charge in [0.2, 0.25) is 0 Å². The van der Waals surface area contributed by atoms with Gasteiger partial charge >= 0.3 is 0 Å². The van der Waals surface area contributed by atoms with Crippen molar-refractivity contribution in [3.05, 3.63) is 48.7 Å². The zero-order valence-electron chi connectivity index (χ0n) is 14.5. The smallest absolute Gasteiger partial charge is 0.278 e. The highest BCUT2D eigenvalue weighted by Crippen LogP contribution is 2.31. The summed E-state index contributed by atoms with van der Waals surface area (Å²) < 4.78 is 5.36. The molecule has 5 heteroatoms. The maximum atomic E-state index is 12.0. The SMILES string of the molecule is C=CCC1CCN(C(=O)S)C(Cc2ccnc3ccc(OC)cc23)C1. The Morgan fingerprint density at radius 3 is 3.04 bits per heavy atom. The first-order valence-corrected chi connectivity index (χ1v) is 9.09. The van der Waals surface area contributed by atoms with Crippen LogP contribution in [-0.2, 0) is 6.42 Å². The standard InChI is InChI=1S/C20H24N2O2S/c1-3-4-14-8-10-22(20(23)25)16(11-14)12-15-7-9-21-19-6-5-17(24-2)13-18(15)19/h3,5-7,9,13-14,16H,1,4,8,10-12H2,2H3,(H,23,25). The summed E-state index contributed by atoms with van der Waals surface area (Å²) in [6.45, 7) is 4.62. The number of amides is 1. The van der Waals surface area contributed by atoms with Gasteiger partial charge in [-0.15, -0.1) is 6.58 Å². The van der Waals surface area contributed by atoms with E-state index >= 15 is 0 Å². The molecule has 1 aromatic heterocycles. The Balaban J connectivity index is 1.91. The van der Waals surface area contributed by atoms with E-state index in [-0.39, 0.29) is 11.3 Å². The van der Waals surface area contributed by atoms with E-state index in [1.807, 2.05) is 41.4 Å². The van der Waals surface area contributed by atoms with Crippen molar-refractivity contribution < 1.29 is 9.53 Å². The van der Waals surface area contributed by atoms with Crippen LogP contribution < -0.4 is 4.74 Å². The number of benzene rings is 1. The van der Waals surface area contributed by atoms with Crippen LogP contribution in [0.15, 0.2) is 43.1 Å². The molecule has 0 bridgehead atoms. The van der Waals surface area contributed by atoms with Crippen LogP contribution in [0.25, 0.3) is 10.9 Å². The van der Waals surface area contributed by atoms with E-state index in [1.54, 1.807) is 7.11 Å². The number of carbonyl (C=O) groups is 1. The van der Waals surface area contributed by atoms with Crippen LogP contribution in [0.1, 0.15) is 24.8 Å². The van der Waals surface area contributed by atoms with Gasteiger partial charge in [-0.2, -0.15) is 0 Å². The molecule has 0 aliphatic carbocycles. The zero-order chi connectivity index (χ0) is 17.8. The quantitative estimate of drug-likeness (QED) is 0.634. The number of ether oxygens (including phenoxy) is 1. The number of pyridine rings is 1. The van der Waals surface area contributed by atoms with E-state index < -0.39 is 0 Å². The summed E-state index contributed by atoms with van der Waals surface area (Å²) in [6.07, 6.45) is 7.60. The molecule has 1 fully saturated rings. The average Bonchev–Trinajstić information content (AvgIpc) is 2.62. The van der Waals surface area contributed by atoms with E-state index in [4.69, 9.17) is 4.74 Å². The number of likely N-dealkylation sites (tertiary alicyclic amines) is 1. The number of allylic oxidation sites excluding steroid dienone is 1. The molecule has 2 aromatic rings. The topological polar surface area (TPSA) is 42.4 Å². The average molecular weight is 356 g/mol. The molecule has 2 heterocycles. The summed E-state index contributed by atoms with van der Waals surface area (Å²) in [7, 11) is 1.67. The van der Waals surface area contributed by atoms with E-state index in [2.05, 4.69) is 24.2 Å². The molecule has 0 spiro atoms. The summed E-state index contributed by atoms with van der Waals surface area (Å²) in [6, 6.07) is 8.11. The Morgan fingerprint density at radius 2 is 2.32 bits per heavy atom. The molecule has 3 rings (SSSR count). The van der Waals surface area contributed by atoms with Crippen molar-refractivity contribution in [2.45, 2.75) is 31.7 Å². The fourth-order valence-electron chi connectivity index (χ4n) is 3.77. The van der Waals surface area contributed by atoms with E-state index in [9.17, 15) is 4.79 Å². The second-order valence-corrected chi connectivity index (χ2v) is 6.98. The maximum Gasteiger partial charge on any atom is 0.278 e. The lowest BCUT2D eigenvalue weighted by Gasteiger charge is -2.38. The van der Waals surface area contributed by atoms with Crippen molar-refractivity contribution in [2.75, 3.05) is 13.7 Å². The number of thiol groups is 1. The Hall–Kier alpha value is -2.01. The number of carbonyl (C=O) groups excluding carboxylic acids is 1. The minimum absolute atomic E-state index is 0.141. The van der Waals surface area contributed by atoms with Gasteiger partial charge in [0.05, 0.1) is 12.6 Å². The monoisotopic (exact) mass is 356 g/mol. The second kappa shape index (κ2) is 7.91. The molecule has 1 aliphatic heterocycles. The first kappa shape index (κ1) is 17.8. The lowest BCUT2D eigenvalue weighted by Crippen LogP contribution is -2.45. The number of hydrogen-bond donors (Lipinski definition) is 1. The largest absolute Gasteiger partial charge is 0.497 e. The molecule has 1 aliphatic rings. The zero-order valence-corrected chi connectivity index (χ0v) is 15.4. The summed E-state index contributed by atoms with van der Waals surface area (Å²) in [5.74, 6) is 1.39. The minimum atomic E-state index is -0.141. The third-order valence-electron chi connectivity index (χ3n) is 5.06. The van der Waals surface area contributed by atoms with Gasteiger partial charge < -0.3 is 9.64 Å². The van der Waals surface area contributed by atoms with Crippen molar-refractivity contribution in [2.24, 2.45) is 5.92 Å². The van der Waals surface area contributed by atoms with Crippen LogP contribution in [0.3, 0.4) is 0 Å². The molecule has 2 unspecified atom stereocenters. The number of hydrogen-bond acceptors (Lipinski definition) is 3. The minimum Gasteiger partial charge on any atom is -0.497 e. The van der Waals surface area contributed by atoms with Crippen LogP contribution in [0.5, 0.6) is 5.75 Å². The first-order valence-electron chi connectivity index (χ1n) is 8.64. The maximum absolute atomic E-state index is 12.0. The van der Waals surface area contributed by atoms with Gasteiger partial charge in [-0.3, -0.25) is 9.78 Å². The normalized spacial score (nSPS) is 20.5. The molecule has 2 atom stereocenters. The van der Waals surface area contributed by atoms with Crippen molar-refractivity contribution >= 4 is 28.8 Å². The highest BCUT2D eigenvalue weighted by atomic mass is 32.1. The molecule has 132 valence electrons. The van der Waals surface area contributed by atoms with Gasteiger partial charge in [0, 0.05) is 24.2 Å². The number of piperidine rings is 1. The third-order valence-corrected chi connectivity index (χ3v) is 5.32.